The number of hydrogen-bond acceptors (Lipinski definition) is 4. The lowest BCUT2D eigenvalue weighted by Crippen LogP contribution is -2.06. The summed E-state index contributed by atoms with van der Waals surface area (Å²) in [4.78, 5) is 10.8. The molecule has 4 nitrogen and oxygen atoms in total. The molecule has 1 aliphatic carbocycles. The first-order chi connectivity index (χ1) is 10.2. The van der Waals surface area contributed by atoms with Gasteiger partial charge in [0.15, 0.2) is 11.5 Å². The number of fused-ring (bicyclic) bond motifs is 1. The van der Waals surface area contributed by atoms with Crippen LogP contribution in [0.2, 0.25) is 0 Å². The van der Waals surface area contributed by atoms with Crippen LogP contribution in [0.1, 0.15) is 17.5 Å². The lowest BCUT2D eigenvalue weighted by atomic mass is 9.91. The van der Waals surface area contributed by atoms with Crippen molar-refractivity contribution >= 4 is 35.6 Å². The Labute approximate surface area is 134 Å². The highest BCUT2D eigenvalue weighted by Gasteiger charge is 2.22. The molecule has 0 fully saturated rings. The van der Waals surface area contributed by atoms with E-state index in [1.54, 1.807) is 21.3 Å². The molecule has 0 saturated heterocycles. The standard InChI is InChI=1S/C14H16O4.CH2Cl2/c1-16-12-7-10-6-9(8-15)4-5-11(10)13(17-2)14(12)18-3;2-1-3/h6-8H,4-5H2,1-3H3;1H2. The van der Waals surface area contributed by atoms with Crippen molar-refractivity contribution in [2.75, 3.05) is 26.7 Å². The Kier molecular flexibility index (Phi) is 7.40. The summed E-state index contributed by atoms with van der Waals surface area (Å²) >= 11 is 9.53. The van der Waals surface area contributed by atoms with Gasteiger partial charge in [-0.05, 0) is 36.1 Å². The maximum Gasteiger partial charge on any atom is 0.203 e. The zero-order valence-electron chi connectivity index (χ0n) is 12.2. The number of carbonyl (C=O) groups is 1. The minimum absolute atomic E-state index is 0.194. The zero-order chi connectivity index (χ0) is 15.8. The zero-order valence-corrected chi connectivity index (χ0v) is 13.8. The molecular weight excluding hydrogens is 315 g/mol. The van der Waals surface area contributed by atoms with E-state index in [9.17, 15) is 4.79 Å². The Morgan fingerprint density at radius 1 is 1.10 bits per heavy atom. The third-order valence-electron chi connectivity index (χ3n) is 3.12. The average molecular weight is 333 g/mol. The summed E-state index contributed by atoms with van der Waals surface area (Å²) in [7, 11) is 4.77. The van der Waals surface area contributed by atoms with Crippen molar-refractivity contribution in [3.63, 3.8) is 0 Å². The van der Waals surface area contributed by atoms with Gasteiger partial charge >= 0.3 is 0 Å². The molecule has 6 heteroatoms. The van der Waals surface area contributed by atoms with Crippen molar-refractivity contribution < 1.29 is 19.0 Å². The predicted molar refractivity (Wildman–Crippen MR) is 85.0 cm³/mol. The first-order valence-corrected chi connectivity index (χ1v) is 7.33. The molecule has 21 heavy (non-hydrogen) atoms. The van der Waals surface area contributed by atoms with Gasteiger partial charge in [0.25, 0.3) is 0 Å². The third kappa shape index (κ3) is 4.05. The van der Waals surface area contributed by atoms with Crippen LogP contribution in [0.3, 0.4) is 0 Å². The van der Waals surface area contributed by atoms with Crippen LogP contribution in [-0.2, 0) is 11.2 Å². The first-order valence-electron chi connectivity index (χ1n) is 6.26. The number of methoxy groups -OCH3 is 3. The summed E-state index contributed by atoms with van der Waals surface area (Å²) in [6, 6.07) is 1.87. The van der Waals surface area contributed by atoms with E-state index in [-0.39, 0.29) is 5.34 Å². The van der Waals surface area contributed by atoms with Crippen LogP contribution in [0, 0.1) is 0 Å². The highest BCUT2D eigenvalue weighted by atomic mass is 35.5. The highest BCUT2D eigenvalue weighted by molar-refractivity contribution is 6.40. The topological polar surface area (TPSA) is 44.8 Å². The molecule has 0 aliphatic heterocycles. The summed E-state index contributed by atoms with van der Waals surface area (Å²) in [5, 5.41) is 0.194. The monoisotopic (exact) mass is 332 g/mol. The fourth-order valence-electron chi connectivity index (χ4n) is 2.26. The summed E-state index contributed by atoms with van der Waals surface area (Å²) < 4.78 is 16.1. The first kappa shape index (κ1) is 17.7. The van der Waals surface area contributed by atoms with Gasteiger partial charge in [-0.3, -0.25) is 4.79 Å². The molecule has 1 aromatic rings. The van der Waals surface area contributed by atoms with Gasteiger partial charge in [0, 0.05) is 5.56 Å². The number of benzene rings is 1. The molecule has 2 rings (SSSR count). The average Bonchev–Trinajstić information content (AvgIpc) is 2.52. The Morgan fingerprint density at radius 2 is 1.71 bits per heavy atom. The van der Waals surface area contributed by atoms with Crippen molar-refractivity contribution in [3.8, 4) is 17.2 Å². The van der Waals surface area contributed by atoms with E-state index in [1.807, 2.05) is 12.1 Å². The van der Waals surface area contributed by atoms with Crippen molar-refractivity contribution in [2.24, 2.45) is 0 Å². The van der Waals surface area contributed by atoms with Gasteiger partial charge in [-0.25, -0.2) is 0 Å². The van der Waals surface area contributed by atoms with Gasteiger partial charge in [0.1, 0.15) is 6.29 Å². The van der Waals surface area contributed by atoms with Crippen LogP contribution in [0.25, 0.3) is 6.08 Å². The lowest BCUT2D eigenvalue weighted by molar-refractivity contribution is -0.105. The van der Waals surface area contributed by atoms with Gasteiger partial charge in [0.2, 0.25) is 5.75 Å². The second kappa shape index (κ2) is 8.80. The van der Waals surface area contributed by atoms with Gasteiger partial charge in [0.05, 0.1) is 26.7 Å². The molecular formula is C15H18Cl2O4. The minimum atomic E-state index is 0.194. The molecule has 0 heterocycles. The smallest absolute Gasteiger partial charge is 0.203 e. The van der Waals surface area contributed by atoms with E-state index in [1.165, 1.54) is 0 Å². The SMILES string of the molecule is COc1cc2c(c(OC)c1OC)CCC(C=O)=C2.ClCCl. The van der Waals surface area contributed by atoms with E-state index in [0.717, 1.165) is 35.8 Å². The quantitative estimate of drug-likeness (QED) is 0.623. The van der Waals surface area contributed by atoms with Crippen LogP contribution in [-0.4, -0.2) is 33.0 Å². The lowest BCUT2D eigenvalue weighted by Gasteiger charge is -2.21. The van der Waals surface area contributed by atoms with Crippen LogP contribution in [0.4, 0.5) is 0 Å². The fourth-order valence-corrected chi connectivity index (χ4v) is 2.26. The number of carbonyl (C=O) groups excluding carboxylic acids is 1. The summed E-state index contributed by atoms with van der Waals surface area (Å²) in [6.45, 7) is 0. The summed E-state index contributed by atoms with van der Waals surface area (Å²) in [5.74, 6) is 1.89. The van der Waals surface area contributed by atoms with Gasteiger partial charge in [-0.2, -0.15) is 0 Å². The largest absolute Gasteiger partial charge is 0.493 e. The molecule has 1 aliphatic rings. The highest BCUT2D eigenvalue weighted by Crippen LogP contribution is 2.44. The number of ether oxygens (including phenoxy) is 3. The van der Waals surface area contributed by atoms with Gasteiger partial charge in [-0.15, -0.1) is 23.2 Å². The number of allylic oxidation sites excluding steroid dienone is 1. The number of hydrogen-bond donors (Lipinski definition) is 0. The van der Waals surface area contributed by atoms with Crippen molar-refractivity contribution in [1.29, 1.82) is 0 Å². The Morgan fingerprint density at radius 3 is 2.19 bits per heavy atom. The Balaban J connectivity index is 0.000000677. The predicted octanol–water partition coefficient (Wildman–Crippen LogP) is 3.66. The van der Waals surface area contributed by atoms with Gasteiger partial charge < -0.3 is 14.2 Å². The Hall–Kier alpha value is -1.39. The van der Waals surface area contributed by atoms with Crippen molar-refractivity contribution in [1.82, 2.24) is 0 Å². The maximum absolute atomic E-state index is 10.8. The maximum atomic E-state index is 10.8. The van der Waals surface area contributed by atoms with E-state index < -0.39 is 0 Å². The third-order valence-corrected chi connectivity index (χ3v) is 3.12. The second-order valence-electron chi connectivity index (χ2n) is 4.15. The molecule has 0 unspecified atom stereocenters. The van der Waals surface area contributed by atoms with Crippen LogP contribution in [0.5, 0.6) is 17.2 Å². The van der Waals surface area contributed by atoms with Crippen molar-refractivity contribution in [2.45, 2.75) is 12.8 Å². The van der Waals surface area contributed by atoms with Crippen LogP contribution in [0.15, 0.2) is 11.6 Å². The van der Waals surface area contributed by atoms with E-state index in [2.05, 4.69) is 0 Å². The molecule has 0 amide bonds. The number of aldehydes is 1. The molecule has 0 bridgehead atoms. The minimum Gasteiger partial charge on any atom is -0.493 e. The van der Waals surface area contributed by atoms with E-state index >= 15 is 0 Å². The molecule has 0 N–H and O–H groups in total. The molecule has 0 radical (unpaired) electrons. The molecule has 1 aromatic carbocycles. The van der Waals surface area contributed by atoms with Gasteiger partial charge in [-0.1, -0.05) is 0 Å². The number of rotatable bonds is 4. The van der Waals surface area contributed by atoms with Crippen LogP contribution < -0.4 is 14.2 Å². The molecule has 0 saturated carbocycles. The summed E-state index contributed by atoms with van der Waals surface area (Å²) in [5.41, 5.74) is 2.80. The number of alkyl halides is 2. The summed E-state index contributed by atoms with van der Waals surface area (Å²) in [6.07, 6.45) is 4.26. The number of halogens is 2. The van der Waals surface area contributed by atoms with Crippen LogP contribution >= 0.6 is 23.2 Å². The second-order valence-corrected chi connectivity index (χ2v) is 4.96. The molecule has 0 atom stereocenters. The molecule has 0 aromatic heterocycles. The van der Waals surface area contributed by atoms with E-state index in [0.29, 0.717) is 17.2 Å². The van der Waals surface area contributed by atoms with Crippen molar-refractivity contribution in [3.05, 3.63) is 22.8 Å². The van der Waals surface area contributed by atoms with E-state index in [4.69, 9.17) is 37.4 Å². The Bertz CT molecular complexity index is 527. The normalized spacial score (nSPS) is 12.3. The molecule has 116 valence electrons. The molecule has 0 spiro atoms. The fraction of sp³-hybridized carbons (Fsp3) is 0.400.